The summed E-state index contributed by atoms with van der Waals surface area (Å²) in [5, 5.41) is 16.8. The molecule has 0 heterocycles. The molecule has 7 nitrogen and oxygen atoms in total. The molecular weight excluding hydrogens is 421 g/mol. The number of amides is 2. The Morgan fingerprint density at radius 3 is 2.55 bits per heavy atom. The lowest BCUT2D eigenvalue weighted by Crippen LogP contribution is -2.38. The predicted molar refractivity (Wildman–Crippen MR) is 116 cm³/mol. The summed E-state index contributed by atoms with van der Waals surface area (Å²) in [6.45, 7) is 0.101. The van der Waals surface area contributed by atoms with Crippen LogP contribution in [0.15, 0.2) is 52.3 Å². The van der Waals surface area contributed by atoms with E-state index < -0.39 is 16.6 Å². The number of carbonyl (C=O) groups is 2. The number of non-ortho nitro benzene ring substituents is 1. The minimum atomic E-state index is -0.591. The lowest BCUT2D eigenvalue weighted by Gasteiger charge is -2.22. The van der Waals surface area contributed by atoms with Crippen molar-refractivity contribution in [1.29, 1.82) is 0 Å². The molecule has 2 N–H and O–H groups in total. The molecule has 1 aliphatic carbocycles. The van der Waals surface area contributed by atoms with E-state index in [-0.39, 0.29) is 36.2 Å². The molecule has 1 saturated carbocycles. The van der Waals surface area contributed by atoms with Gasteiger partial charge in [0.2, 0.25) is 5.91 Å². The Morgan fingerprint density at radius 2 is 1.84 bits per heavy atom. The van der Waals surface area contributed by atoms with Crippen molar-refractivity contribution in [3.8, 4) is 0 Å². The van der Waals surface area contributed by atoms with Crippen molar-refractivity contribution in [1.82, 2.24) is 10.6 Å². The number of nitro groups is 1. The smallest absolute Gasteiger partial charge is 0.270 e. The Morgan fingerprint density at radius 1 is 1.10 bits per heavy atom. The maximum absolute atomic E-state index is 14.0. The molecule has 164 valence electrons. The fourth-order valence-corrected chi connectivity index (χ4v) is 4.42. The summed E-state index contributed by atoms with van der Waals surface area (Å²) in [6.07, 6.45) is 5.48. The van der Waals surface area contributed by atoms with E-state index in [9.17, 15) is 24.1 Å². The number of rotatable bonds is 8. The summed E-state index contributed by atoms with van der Waals surface area (Å²) in [7, 11) is 0. The number of hydrogen-bond acceptors (Lipinski definition) is 5. The van der Waals surface area contributed by atoms with E-state index in [0.717, 1.165) is 37.4 Å². The topological polar surface area (TPSA) is 101 Å². The monoisotopic (exact) mass is 445 g/mol. The van der Waals surface area contributed by atoms with Crippen LogP contribution in [0.5, 0.6) is 0 Å². The number of benzene rings is 2. The highest BCUT2D eigenvalue weighted by Gasteiger charge is 2.19. The quantitative estimate of drug-likeness (QED) is 0.462. The van der Waals surface area contributed by atoms with Crippen molar-refractivity contribution < 1.29 is 18.9 Å². The average molecular weight is 446 g/mol. The van der Waals surface area contributed by atoms with Crippen molar-refractivity contribution in [2.75, 3.05) is 6.54 Å². The third-order valence-corrected chi connectivity index (χ3v) is 6.21. The Hall–Kier alpha value is -2.94. The molecule has 0 aliphatic heterocycles. The van der Waals surface area contributed by atoms with E-state index in [4.69, 9.17) is 0 Å². The molecule has 2 aromatic rings. The van der Waals surface area contributed by atoms with Gasteiger partial charge in [0.1, 0.15) is 5.82 Å². The fourth-order valence-electron chi connectivity index (χ4n) is 3.48. The predicted octanol–water partition coefficient (Wildman–Crippen LogP) is 4.45. The molecule has 1 fully saturated rings. The van der Waals surface area contributed by atoms with Gasteiger partial charge in [0.25, 0.3) is 11.6 Å². The van der Waals surface area contributed by atoms with Gasteiger partial charge in [-0.2, -0.15) is 0 Å². The molecule has 0 unspecified atom stereocenters. The molecule has 0 bridgehead atoms. The summed E-state index contributed by atoms with van der Waals surface area (Å²) < 4.78 is 14.0. The van der Waals surface area contributed by atoms with Crippen LogP contribution in [-0.2, 0) is 4.79 Å². The third kappa shape index (κ3) is 6.52. The molecule has 3 rings (SSSR count). The van der Waals surface area contributed by atoms with Crippen LogP contribution in [0.4, 0.5) is 10.1 Å². The first-order chi connectivity index (χ1) is 14.9. The number of nitrogens with one attached hydrogen (secondary N) is 2. The third-order valence-electron chi connectivity index (χ3n) is 5.08. The van der Waals surface area contributed by atoms with Crippen LogP contribution in [0.1, 0.15) is 48.9 Å². The second-order valence-electron chi connectivity index (χ2n) is 7.38. The zero-order valence-electron chi connectivity index (χ0n) is 16.9. The largest absolute Gasteiger partial charge is 0.353 e. The molecule has 0 saturated heterocycles. The van der Waals surface area contributed by atoms with Gasteiger partial charge in [0.15, 0.2) is 0 Å². The summed E-state index contributed by atoms with van der Waals surface area (Å²) >= 11 is 1.01. The molecule has 31 heavy (non-hydrogen) atoms. The number of carbonyl (C=O) groups excluding carboxylic acids is 2. The van der Waals surface area contributed by atoms with Crippen molar-refractivity contribution in [3.63, 3.8) is 0 Å². The molecule has 2 amide bonds. The van der Waals surface area contributed by atoms with E-state index >= 15 is 0 Å². The Kier molecular flexibility index (Phi) is 8.00. The normalized spacial score (nSPS) is 14.1. The fraction of sp³-hybridized carbons (Fsp3) is 0.364. The second-order valence-corrected chi connectivity index (χ2v) is 8.46. The molecule has 0 radical (unpaired) electrons. The zero-order chi connectivity index (χ0) is 22.2. The van der Waals surface area contributed by atoms with Crippen LogP contribution in [0.3, 0.4) is 0 Å². The van der Waals surface area contributed by atoms with E-state index in [0.29, 0.717) is 9.79 Å². The van der Waals surface area contributed by atoms with Gasteiger partial charge in [-0.05, 0) is 31.0 Å². The van der Waals surface area contributed by atoms with Gasteiger partial charge in [-0.25, -0.2) is 4.39 Å². The highest BCUT2D eigenvalue weighted by Crippen LogP contribution is 2.34. The highest BCUT2D eigenvalue weighted by molar-refractivity contribution is 7.99. The number of hydrogen-bond donors (Lipinski definition) is 2. The van der Waals surface area contributed by atoms with E-state index in [1.54, 1.807) is 18.2 Å². The number of halogens is 1. The Labute approximate surface area is 183 Å². The van der Waals surface area contributed by atoms with Gasteiger partial charge in [0, 0.05) is 40.9 Å². The van der Waals surface area contributed by atoms with Gasteiger partial charge < -0.3 is 10.6 Å². The van der Waals surface area contributed by atoms with Gasteiger partial charge in [-0.1, -0.05) is 43.2 Å². The molecule has 0 atom stereocenters. The van der Waals surface area contributed by atoms with Gasteiger partial charge in [0.05, 0.1) is 10.5 Å². The molecule has 1 aliphatic rings. The van der Waals surface area contributed by atoms with Crippen LogP contribution < -0.4 is 10.6 Å². The first-order valence-corrected chi connectivity index (χ1v) is 11.0. The van der Waals surface area contributed by atoms with Gasteiger partial charge in [-0.3, -0.25) is 19.7 Å². The number of nitrogens with zero attached hydrogens (tertiary/aromatic N) is 1. The van der Waals surface area contributed by atoms with Crippen LogP contribution in [0, 0.1) is 15.9 Å². The SMILES string of the molecule is O=C(CCNC(=O)c1cc([N+](=O)[O-])ccc1Sc1ccccc1F)NC1CCCCC1. The van der Waals surface area contributed by atoms with Crippen LogP contribution in [-0.4, -0.2) is 29.3 Å². The van der Waals surface area contributed by atoms with Crippen molar-refractivity contribution in [2.45, 2.75) is 54.4 Å². The summed E-state index contributed by atoms with van der Waals surface area (Å²) in [5.74, 6) is -1.13. The van der Waals surface area contributed by atoms with Crippen LogP contribution >= 0.6 is 11.8 Å². The maximum Gasteiger partial charge on any atom is 0.270 e. The van der Waals surface area contributed by atoms with Gasteiger partial charge >= 0.3 is 0 Å². The summed E-state index contributed by atoms with van der Waals surface area (Å²) in [4.78, 5) is 36.1. The van der Waals surface area contributed by atoms with Crippen LogP contribution in [0.25, 0.3) is 0 Å². The second kappa shape index (κ2) is 10.9. The summed E-state index contributed by atoms with van der Waals surface area (Å²) in [5.41, 5.74) is -0.173. The molecule has 2 aromatic carbocycles. The maximum atomic E-state index is 14.0. The summed E-state index contributed by atoms with van der Waals surface area (Å²) in [6, 6.07) is 10.2. The van der Waals surface area contributed by atoms with E-state index in [1.165, 1.54) is 30.7 Å². The highest BCUT2D eigenvalue weighted by atomic mass is 32.2. The first-order valence-electron chi connectivity index (χ1n) is 10.2. The van der Waals surface area contributed by atoms with Gasteiger partial charge in [-0.15, -0.1) is 0 Å². The van der Waals surface area contributed by atoms with Crippen molar-refractivity contribution in [3.05, 3.63) is 64.0 Å². The number of nitro benzene ring substituents is 1. The Balaban J connectivity index is 1.65. The zero-order valence-corrected chi connectivity index (χ0v) is 17.8. The van der Waals surface area contributed by atoms with Crippen LogP contribution in [0.2, 0.25) is 0 Å². The molecular formula is C22H24FN3O4S. The minimum Gasteiger partial charge on any atom is -0.353 e. The van der Waals surface area contributed by atoms with Crippen molar-refractivity contribution >= 4 is 29.3 Å². The molecule has 0 aromatic heterocycles. The standard InChI is InChI=1S/C22H24FN3O4S/c23-18-8-4-5-9-20(18)31-19-11-10-16(26(29)30)14-17(19)22(28)24-13-12-21(27)25-15-6-2-1-3-7-15/h4-5,8-11,14-15H,1-3,6-7,12-13H2,(H,24,28)(H,25,27). The Bertz CT molecular complexity index is 964. The minimum absolute atomic E-state index is 0.0649. The van der Waals surface area contributed by atoms with Crippen molar-refractivity contribution in [2.24, 2.45) is 0 Å². The van der Waals surface area contributed by atoms with E-state index in [2.05, 4.69) is 10.6 Å². The molecule has 9 heteroatoms. The first kappa shape index (κ1) is 22.7. The van der Waals surface area contributed by atoms with E-state index in [1.807, 2.05) is 0 Å². The average Bonchev–Trinajstić information content (AvgIpc) is 2.76. The molecule has 0 spiro atoms. The lowest BCUT2D eigenvalue weighted by molar-refractivity contribution is -0.384. The lowest BCUT2D eigenvalue weighted by atomic mass is 9.95.